The zero-order chi connectivity index (χ0) is 24.5. The lowest BCUT2D eigenvalue weighted by Gasteiger charge is -2.39. The first-order valence-corrected chi connectivity index (χ1v) is 11.0. The lowest BCUT2D eigenvalue weighted by molar-refractivity contribution is -0.137. The van der Waals surface area contributed by atoms with E-state index in [2.05, 4.69) is 10.7 Å². The quantitative estimate of drug-likeness (QED) is 0.306. The number of nitrogens with one attached hydrogen (secondary N) is 2. The molecule has 2 aliphatic rings. The van der Waals surface area contributed by atoms with Crippen LogP contribution in [-0.4, -0.2) is 47.9 Å². The topological polar surface area (TPSA) is 117 Å². The predicted octanol–water partition coefficient (Wildman–Crippen LogP) is 3.73. The number of likely N-dealkylation sites (tertiary alicyclic amines) is 2. The third kappa shape index (κ3) is 4.89. The SMILES string of the molecule is NNc1ccc(C(=O)N2CCC3(CCN(C(=O)Nc4ccc(C(F)(F)F)cc4)C3)CC2)cc1N. The summed E-state index contributed by atoms with van der Waals surface area (Å²) < 4.78 is 38.2. The lowest BCUT2D eigenvalue weighted by atomic mass is 9.77. The Morgan fingerprint density at radius 3 is 2.12 bits per heavy atom. The highest BCUT2D eigenvalue weighted by atomic mass is 19.4. The zero-order valence-electron chi connectivity index (χ0n) is 18.5. The predicted molar refractivity (Wildman–Crippen MR) is 123 cm³/mol. The number of anilines is 3. The fraction of sp³-hybridized carbons (Fsp3) is 0.391. The van der Waals surface area contributed by atoms with Gasteiger partial charge in [0.1, 0.15) is 0 Å². The third-order valence-corrected chi connectivity index (χ3v) is 6.75. The summed E-state index contributed by atoms with van der Waals surface area (Å²) in [6, 6.07) is 9.01. The highest BCUT2D eigenvalue weighted by molar-refractivity contribution is 5.96. The Labute approximate surface area is 195 Å². The molecule has 0 radical (unpaired) electrons. The second kappa shape index (κ2) is 9.05. The van der Waals surface area contributed by atoms with Crippen LogP contribution in [0.25, 0.3) is 0 Å². The van der Waals surface area contributed by atoms with Gasteiger partial charge in [-0.2, -0.15) is 13.2 Å². The van der Waals surface area contributed by atoms with Gasteiger partial charge < -0.3 is 26.3 Å². The van der Waals surface area contributed by atoms with E-state index in [1.165, 1.54) is 12.1 Å². The number of halogens is 3. The number of alkyl halides is 3. The molecule has 2 aromatic carbocycles. The maximum absolute atomic E-state index is 12.9. The molecule has 0 atom stereocenters. The maximum Gasteiger partial charge on any atom is 0.416 e. The van der Waals surface area contributed by atoms with E-state index < -0.39 is 11.7 Å². The average Bonchev–Trinajstić information content (AvgIpc) is 3.22. The van der Waals surface area contributed by atoms with Gasteiger partial charge in [-0.25, -0.2) is 4.79 Å². The molecule has 182 valence electrons. The monoisotopic (exact) mass is 476 g/mol. The molecule has 2 aliphatic heterocycles. The number of piperidine rings is 1. The molecule has 3 amide bonds. The highest BCUT2D eigenvalue weighted by Gasteiger charge is 2.43. The molecule has 0 aliphatic carbocycles. The summed E-state index contributed by atoms with van der Waals surface area (Å²) >= 11 is 0. The van der Waals surface area contributed by atoms with Crippen LogP contribution >= 0.6 is 0 Å². The van der Waals surface area contributed by atoms with Crippen molar-refractivity contribution in [2.45, 2.75) is 25.4 Å². The molecule has 0 unspecified atom stereocenters. The summed E-state index contributed by atoms with van der Waals surface area (Å²) in [6.07, 6.45) is -2.07. The molecule has 34 heavy (non-hydrogen) atoms. The van der Waals surface area contributed by atoms with Crippen LogP contribution in [0.4, 0.5) is 35.0 Å². The summed E-state index contributed by atoms with van der Waals surface area (Å²) in [7, 11) is 0. The molecule has 1 spiro atoms. The number of urea groups is 1. The standard InChI is InChI=1S/C23H27F3N6O2/c24-23(25,26)16-2-4-17(5-3-16)29-21(34)32-12-9-22(14-32)7-10-31(11-8-22)20(33)15-1-6-19(30-28)18(27)13-15/h1-6,13,30H,7-12,14,27-28H2,(H,29,34). The fourth-order valence-corrected chi connectivity index (χ4v) is 4.66. The minimum Gasteiger partial charge on any atom is -0.397 e. The van der Waals surface area contributed by atoms with Crippen LogP contribution in [0.1, 0.15) is 35.2 Å². The first-order chi connectivity index (χ1) is 16.1. The zero-order valence-corrected chi connectivity index (χ0v) is 18.5. The Hall–Kier alpha value is -3.47. The van der Waals surface area contributed by atoms with E-state index in [9.17, 15) is 22.8 Å². The van der Waals surface area contributed by atoms with Gasteiger partial charge in [0.15, 0.2) is 0 Å². The molecule has 8 nitrogen and oxygen atoms in total. The van der Waals surface area contributed by atoms with Crippen LogP contribution < -0.4 is 22.3 Å². The fourth-order valence-electron chi connectivity index (χ4n) is 4.66. The average molecular weight is 477 g/mol. The van der Waals surface area contributed by atoms with Gasteiger partial charge in [0.05, 0.1) is 16.9 Å². The number of carbonyl (C=O) groups is 2. The van der Waals surface area contributed by atoms with Crippen molar-refractivity contribution in [2.24, 2.45) is 11.3 Å². The van der Waals surface area contributed by atoms with E-state index in [1.54, 1.807) is 28.0 Å². The van der Waals surface area contributed by atoms with Crippen molar-refractivity contribution in [3.63, 3.8) is 0 Å². The van der Waals surface area contributed by atoms with E-state index in [0.717, 1.165) is 31.4 Å². The van der Waals surface area contributed by atoms with Crippen LogP contribution in [0, 0.1) is 5.41 Å². The molecule has 2 heterocycles. The summed E-state index contributed by atoms with van der Waals surface area (Å²) in [5.41, 5.74) is 9.32. The van der Waals surface area contributed by atoms with Gasteiger partial charge in [0.25, 0.3) is 5.91 Å². The van der Waals surface area contributed by atoms with Crippen LogP contribution in [0.15, 0.2) is 42.5 Å². The minimum absolute atomic E-state index is 0.0688. The summed E-state index contributed by atoms with van der Waals surface area (Å²) in [5, 5.41) is 2.68. The van der Waals surface area contributed by atoms with Crippen molar-refractivity contribution < 1.29 is 22.8 Å². The van der Waals surface area contributed by atoms with Crippen molar-refractivity contribution >= 4 is 29.0 Å². The van der Waals surface area contributed by atoms with Crippen molar-refractivity contribution in [1.82, 2.24) is 9.80 Å². The molecule has 2 fully saturated rings. The van der Waals surface area contributed by atoms with Gasteiger partial charge >= 0.3 is 12.2 Å². The number of carbonyl (C=O) groups excluding carboxylic acids is 2. The van der Waals surface area contributed by atoms with E-state index in [4.69, 9.17) is 11.6 Å². The molecule has 0 bridgehead atoms. The van der Waals surface area contributed by atoms with E-state index in [0.29, 0.717) is 48.8 Å². The lowest BCUT2D eigenvalue weighted by Crippen LogP contribution is -2.45. The van der Waals surface area contributed by atoms with Crippen molar-refractivity contribution in [3.05, 3.63) is 53.6 Å². The number of hydrogen-bond acceptors (Lipinski definition) is 5. The maximum atomic E-state index is 12.9. The number of benzene rings is 2. The first kappa shape index (κ1) is 23.7. The largest absolute Gasteiger partial charge is 0.416 e. The second-order valence-corrected chi connectivity index (χ2v) is 8.92. The Balaban J connectivity index is 1.31. The van der Waals surface area contributed by atoms with Crippen molar-refractivity contribution in [3.8, 4) is 0 Å². The number of amides is 3. The van der Waals surface area contributed by atoms with Gasteiger partial charge in [-0.1, -0.05) is 0 Å². The Bertz CT molecular complexity index is 1070. The molecular formula is C23H27F3N6O2. The number of rotatable bonds is 3. The summed E-state index contributed by atoms with van der Waals surface area (Å²) in [6.45, 7) is 2.25. The van der Waals surface area contributed by atoms with E-state index >= 15 is 0 Å². The molecule has 2 saturated heterocycles. The number of hydrogen-bond donors (Lipinski definition) is 4. The molecule has 2 aromatic rings. The van der Waals surface area contributed by atoms with Gasteiger partial charge in [-0.05, 0) is 67.1 Å². The summed E-state index contributed by atoms with van der Waals surface area (Å²) in [4.78, 5) is 29.0. The van der Waals surface area contributed by atoms with Crippen LogP contribution in [-0.2, 0) is 6.18 Å². The molecular weight excluding hydrogens is 449 g/mol. The van der Waals surface area contributed by atoms with Crippen LogP contribution in [0.2, 0.25) is 0 Å². The van der Waals surface area contributed by atoms with Gasteiger partial charge in [-0.3, -0.25) is 10.6 Å². The van der Waals surface area contributed by atoms with Crippen molar-refractivity contribution in [2.75, 3.05) is 42.7 Å². The normalized spacial score (nSPS) is 17.6. The minimum atomic E-state index is -4.42. The van der Waals surface area contributed by atoms with Gasteiger partial charge in [-0.15, -0.1) is 0 Å². The molecule has 6 N–H and O–H groups in total. The third-order valence-electron chi connectivity index (χ3n) is 6.75. The van der Waals surface area contributed by atoms with Gasteiger partial charge in [0, 0.05) is 37.4 Å². The van der Waals surface area contributed by atoms with E-state index in [-0.39, 0.29) is 17.4 Å². The first-order valence-electron chi connectivity index (χ1n) is 11.0. The number of nitrogens with two attached hydrogens (primary N) is 2. The van der Waals surface area contributed by atoms with E-state index in [1.807, 2.05) is 0 Å². The number of nitrogen functional groups attached to an aromatic ring is 2. The highest BCUT2D eigenvalue weighted by Crippen LogP contribution is 2.41. The van der Waals surface area contributed by atoms with Crippen LogP contribution in [0.3, 0.4) is 0 Å². The molecule has 0 aromatic heterocycles. The number of hydrazine groups is 1. The Kier molecular flexibility index (Phi) is 6.30. The second-order valence-electron chi connectivity index (χ2n) is 8.92. The molecule has 11 heteroatoms. The molecule has 4 rings (SSSR count). The Morgan fingerprint density at radius 1 is 0.941 bits per heavy atom. The smallest absolute Gasteiger partial charge is 0.397 e. The van der Waals surface area contributed by atoms with Crippen molar-refractivity contribution in [1.29, 1.82) is 0 Å². The Morgan fingerprint density at radius 2 is 1.56 bits per heavy atom. The molecule has 0 saturated carbocycles. The van der Waals surface area contributed by atoms with Crippen LogP contribution in [0.5, 0.6) is 0 Å². The van der Waals surface area contributed by atoms with Gasteiger partial charge in [0.2, 0.25) is 0 Å². The summed E-state index contributed by atoms with van der Waals surface area (Å²) in [5.74, 6) is 5.29. The number of nitrogens with zero attached hydrogens (tertiary/aromatic N) is 2.